The van der Waals surface area contributed by atoms with E-state index in [1.165, 1.54) is 23.5 Å². The highest BCUT2D eigenvalue weighted by Gasteiger charge is 2.43. The van der Waals surface area contributed by atoms with Gasteiger partial charge in [0.1, 0.15) is 11.2 Å². The van der Waals surface area contributed by atoms with E-state index < -0.39 is 23.2 Å². The van der Waals surface area contributed by atoms with Gasteiger partial charge < -0.3 is 5.73 Å². The number of piperidine rings is 1. The molecule has 1 amide bonds. The molecule has 7 nitrogen and oxygen atoms in total. The number of nitrogens with two attached hydrogens (primary N) is 1. The third-order valence-corrected chi connectivity index (χ3v) is 9.11. The Balaban J connectivity index is 1.54. The molecule has 4 N–H and O–H groups in total. The molecule has 46 heavy (non-hydrogen) atoms. The molecule has 2 fully saturated rings. The van der Waals surface area contributed by atoms with Crippen LogP contribution < -0.4 is 16.5 Å². The Bertz CT molecular complexity index is 1770. The summed E-state index contributed by atoms with van der Waals surface area (Å²) < 4.78 is 38.9. The van der Waals surface area contributed by atoms with Crippen molar-refractivity contribution in [3.63, 3.8) is 0 Å². The summed E-state index contributed by atoms with van der Waals surface area (Å²) in [6.45, 7) is 1.48. The Morgan fingerprint density at radius 2 is 1.76 bits per heavy atom. The van der Waals surface area contributed by atoms with Gasteiger partial charge in [-0.25, -0.2) is 10.0 Å². The lowest BCUT2D eigenvalue weighted by Crippen LogP contribution is -2.47. The van der Waals surface area contributed by atoms with E-state index in [9.17, 15) is 23.2 Å². The second kappa shape index (κ2) is 14.3. The van der Waals surface area contributed by atoms with Gasteiger partial charge in [-0.1, -0.05) is 41.5 Å². The van der Waals surface area contributed by atoms with E-state index in [0.717, 1.165) is 31.4 Å². The normalized spacial score (nSPS) is 16.9. The number of halogens is 5. The molecule has 3 aromatic rings. The Labute approximate surface area is 278 Å². The number of amides is 1. The Kier molecular flexibility index (Phi) is 10.4. The van der Waals surface area contributed by atoms with Crippen LogP contribution in [0.3, 0.4) is 0 Å². The topological polar surface area (TPSA) is 107 Å². The molecule has 2 aromatic carbocycles. The second-order valence-electron chi connectivity index (χ2n) is 11.0. The molecule has 1 aliphatic heterocycles. The highest BCUT2D eigenvalue weighted by molar-refractivity contribution is 7.14. The predicted octanol–water partition coefficient (Wildman–Crippen LogP) is 6.97. The third-order valence-electron chi connectivity index (χ3n) is 7.56. The molecule has 1 saturated heterocycles. The zero-order valence-corrected chi connectivity index (χ0v) is 26.8. The standard InChI is InChI=1S/C33H29Cl2F3N6OS/c34-23-9-12-27(26(35)18-23)42-30(28-13-11-24(46-28)10-6-21-4-7-22(8-5-21)33(36,37)38)25(19-41-32(20-39)14-15-32)29(40)31(45)43-44-16-2-1-3-17-44/h4-5,7-9,11-13,18,41H,1-3,14-17,19,40H2,(H,43,45). The van der Waals surface area contributed by atoms with Crippen molar-refractivity contribution in [3.8, 4) is 17.9 Å². The fourth-order valence-electron chi connectivity index (χ4n) is 4.74. The summed E-state index contributed by atoms with van der Waals surface area (Å²) in [5.41, 5.74) is 9.47. The molecule has 238 valence electrons. The summed E-state index contributed by atoms with van der Waals surface area (Å²) in [4.78, 5) is 19.6. The second-order valence-corrected chi connectivity index (χ2v) is 12.9. The summed E-state index contributed by atoms with van der Waals surface area (Å²) in [5.74, 6) is 5.40. The van der Waals surface area contributed by atoms with Gasteiger partial charge in [0.2, 0.25) is 0 Å². The highest BCUT2D eigenvalue weighted by atomic mass is 35.5. The van der Waals surface area contributed by atoms with Crippen LogP contribution in [0.25, 0.3) is 0 Å². The Morgan fingerprint density at radius 3 is 2.39 bits per heavy atom. The van der Waals surface area contributed by atoms with E-state index in [0.29, 0.717) is 63.2 Å². The molecule has 0 atom stereocenters. The maximum Gasteiger partial charge on any atom is 0.416 e. The molecular weight excluding hydrogens is 656 g/mol. The van der Waals surface area contributed by atoms with Gasteiger partial charge in [0.15, 0.2) is 0 Å². The van der Waals surface area contributed by atoms with Crippen LogP contribution in [0.2, 0.25) is 10.0 Å². The summed E-state index contributed by atoms with van der Waals surface area (Å²) in [6, 6.07) is 15.3. The number of nitrogens with zero attached hydrogens (tertiary/aromatic N) is 3. The zero-order chi connectivity index (χ0) is 32.9. The first-order valence-corrected chi connectivity index (χ1v) is 16.1. The first kappa shape index (κ1) is 33.5. The molecule has 13 heteroatoms. The summed E-state index contributed by atoms with van der Waals surface area (Å²) in [6.07, 6.45) is -0.114. The van der Waals surface area contributed by atoms with Crippen molar-refractivity contribution in [3.05, 3.63) is 96.8 Å². The van der Waals surface area contributed by atoms with E-state index in [1.54, 1.807) is 30.3 Å². The minimum absolute atomic E-state index is 0.0681. The van der Waals surface area contributed by atoms with Gasteiger partial charge >= 0.3 is 6.18 Å². The Hall–Kier alpha value is -3.84. The molecule has 1 saturated carbocycles. The molecule has 1 aromatic heterocycles. The number of nitriles is 1. The lowest BCUT2D eigenvalue weighted by molar-refractivity contribution is -0.137. The SMILES string of the molecule is N#CC1(NCC(C(=Nc2ccc(Cl)cc2Cl)c2ccc(C#Cc3ccc(C(F)(F)F)cc3)s2)=C(N)C(=O)NN2CCCCC2)CC1. The molecule has 0 radical (unpaired) electrons. The minimum atomic E-state index is -4.43. The maximum absolute atomic E-state index is 13.5. The Morgan fingerprint density at radius 1 is 1.04 bits per heavy atom. The summed E-state index contributed by atoms with van der Waals surface area (Å²) >= 11 is 13.9. The lowest BCUT2D eigenvalue weighted by Gasteiger charge is -2.27. The van der Waals surface area contributed by atoms with Crippen molar-refractivity contribution < 1.29 is 18.0 Å². The smallest absolute Gasteiger partial charge is 0.394 e. The van der Waals surface area contributed by atoms with Gasteiger partial charge in [-0.2, -0.15) is 18.4 Å². The van der Waals surface area contributed by atoms with Gasteiger partial charge in [-0.15, -0.1) is 11.3 Å². The monoisotopic (exact) mass is 684 g/mol. The van der Waals surface area contributed by atoms with Crippen LogP contribution in [0.1, 0.15) is 53.0 Å². The third kappa shape index (κ3) is 8.49. The molecule has 0 spiro atoms. The number of carbonyl (C=O) groups is 1. The average molecular weight is 686 g/mol. The van der Waals surface area contributed by atoms with Crippen LogP contribution in [0, 0.1) is 23.2 Å². The minimum Gasteiger partial charge on any atom is -0.394 e. The number of rotatable bonds is 8. The van der Waals surface area contributed by atoms with Crippen LogP contribution in [0.5, 0.6) is 0 Å². The molecule has 5 rings (SSSR count). The van der Waals surface area contributed by atoms with E-state index >= 15 is 0 Å². The molecule has 1 aliphatic carbocycles. The fraction of sp³-hybridized carbons (Fsp3) is 0.303. The van der Waals surface area contributed by atoms with Gasteiger partial charge in [-0.05, 0) is 80.3 Å². The number of benzene rings is 2. The van der Waals surface area contributed by atoms with Gasteiger partial charge in [0.25, 0.3) is 5.91 Å². The van der Waals surface area contributed by atoms with E-state index in [4.69, 9.17) is 33.9 Å². The average Bonchev–Trinajstić information content (AvgIpc) is 3.67. The van der Waals surface area contributed by atoms with Crippen LogP contribution >= 0.6 is 34.5 Å². The summed E-state index contributed by atoms with van der Waals surface area (Å²) in [7, 11) is 0. The molecule has 2 heterocycles. The van der Waals surface area contributed by atoms with E-state index in [-0.39, 0.29) is 17.3 Å². The molecule has 0 unspecified atom stereocenters. The van der Waals surface area contributed by atoms with Crippen molar-refractivity contribution in [2.24, 2.45) is 10.7 Å². The van der Waals surface area contributed by atoms with Crippen molar-refractivity contribution in [2.75, 3.05) is 19.6 Å². The number of carbonyl (C=O) groups excluding carboxylic acids is 1. The highest BCUT2D eigenvalue weighted by Crippen LogP contribution is 2.35. The van der Waals surface area contributed by atoms with Crippen molar-refractivity contribution in [1.82, 2.24) is 15.8 Å². The number of hydrogen-bond acceptors (Lipinski definition) is 7. The van der Waals surface area contributed by atoms with Crippen LogP contribution in [-0.2, 0) is 11.0 Å². The zero-order valence-electron chi connectivity index (χ0n) is 24.5. The molecule has 2 aliphatic rings. The van der Waals surface area contributed by atoms with Crippen LogP contribution in [-0.4, -0.2) is 41.8 Å². The number of aliphatic imine (C=N–C) groups is 1. The number of thiophene rings is 1. The quantitative estimate of drug-likeness (QED) is 0.135. The summed E-state index contributed by atoms with van der Waals surface area (Å²) in [5, 5.41) is 15.5. The van der Waals surface area contributed by atoms with Crippen LogP contribution in [0.15, 0.2) is 70.9 Å². The van der Waals surface area contributed by atoms with Gasteiger partial charge in [0, 0.05) is 35.8 Å². The number of hydrazine groups is 1. The molecular formula is C33H29Cl2F3N6OS. The molecule has 0 bridgehead atoms. The van der Waals surface area contributed by atoms with Crippen molar-refractivity contribution in [1.29, 1.82) is 5.26 Å². The number of nitrogens with one attached hydrogen (secondary N) is 2. The first-order chi connectivity index (χ1) is 22.0. The van der Waals surface area contributed by atoms with Gasteiger partial charge in [0.05, 0.1) is 37.8 Å². The van der Waals surface area contributed by atoms with Crippen molar-refractivity contribution >= 4 is 51.8 Å². The van der Waals surface area contributed by atoms with E-state index in [2.05, 4.69) is 28.7 Å². The largest absolute Gasteiger partial charge is 0.416 e. The van der Waals surface area contributed by atoms with Crippen LogP contribution in [0.4, 0.5) is 18.9 Å². The lowest BCUT2D eigenvalue weighted by atomic mass is 10.0. The predicted molar refractivity (Wildman–Crippen MR) is 175 cm³/mol. The number of alkyl halides is 3. The van der Waals surface area contributed by atoms with Gasteiger partial charge in [-0.3, -0.25) is 15.5 Å². The fourth-order valence-corrected chi connectivity index (χ4v) is 6.06. The maximum atomic E-state index is 13.5. The first-order valence-electron chi connectivity index (χ1n) is 14.5. The van der Waals surface area contributed by atoms with E-state index in [1.807, 2.05) is 5.01 Å². The van der Waals surface area contributed by atoms with Crippen molar-refractivity contribution in [2.45, 2.75) is 43.8 Å². The number of hydrogen-bond donors (Lipinski definition) is 3.